The van der Waals surface area contributed by atoms with E-state index in [9.17, 15) is 18.0 Å². The number of hydrogen-bond donors (Lipinski definition) is 2. The van der Waals surface area contributed by atoms with Crippen molar-refractivity contribution in [2.45, 2.75) is 31.2 Å². The molecular weight excluding hydrogens is 416 g/mol. The number of benzene rings is 2. The normalized spacial score (nSPS) is 11.3. The number of halogens is 1. The molecule has 0 atom stereocenters. The molecule has 0 aliphatic heterocycles. The second kappa shape index (κ2) is 10.4. The van der Waals surface area contributed by atoms with E-state index in [-0.39, 0.29) is 16.5 Å². The van der Waals surface area contributed by atoms with Crippen molar-refractivity contribution in [1.82, 2.24) is 10.0 Å². The molecule has 156 valence electrons. The highest BCUT2D eigenvalue weighted by atomic mass is 35.5. The topological polar surface area (TPSA) is 102 Å². The van der Waals surface area contributed by atoms with Crippen LogP contribution >= 0.6 is 11.6 Å². The highest BCUT2D eigenvalue weighted by molar-refractivity contribution is 7.89. The Morgan fingerprint density at radius 2 is 1.79 bits per heavy atom. The average molecular weight is 439 g/mol. The Hall–Kier alpha value is -2.42. The van der Waals surface area contributed by atoms with Gasteiger partial charge in [0.25, 0.3) is 5.91 Å². The largest absolute Gasteiger partial charge is 0.452 e. The van der Waals surface area contributed by atoms with Gasteiger partial charge in [-0.05, 0) is 56.2 Å². The van der Waals surface area contributed by atoms with Gasteiger partial charge < -0.3 is 10.1 Å². The van der Waals surface area contributed by atoms with Crippen molar-refractivity contribution in [2.24, 2.45) is 0 Å². The predicted molar refractivity (Wildman–Crippen MR) is 110 cm³/mol. The summed E-state index contributed by atoms with van der Waals surface area (Å²) < 4.78 is 31.8. The van der Waals surface area contributed by atoms with Gasteiger partial charge in [0.05, 0.1) is 10.5 Å². The maximum Gasteiger partial charge on any atom is 0.338 e. The van der Waals surface area contributed by atoms with Crippen LogP contribution in [-0.4, -0.2) is 39.5 Å². The Morgan fingerprint density at radius 1 is 1.10 bits per heavy atom. The van der Waals surface area contributed by atoms with Gasteiger partial charge in [0.1, 0.15) is 0 Å². The SMILES string of the molecule is CC(C)NS(=O)(=O)c1cccc(C(=O)OCC(=O)NCCc2ccc(Cl)cc2)c1. The maximum absolute atomic E-state index is 12.2. The average Bonchev–Trinajstić information content (AvgIpc) is 2.67. The third-order valence-electron chi connectivity index (χ3n) is 3.75. The van der Waals surface area contributed by atoms with Crippen LogP contribution in [0.5, 0.6) is 0 Å². The molecule has 0 fully saturated rings. The van der Waals surface area contributed by atoms with Gasteiger partial charge in [-0.15, -0.1) is 0 Å². The molecule has 9 heteroatoms. The fourth-order valence-electron chi connectivity index (χ4n) is 2.43. The number of rotatable bonds is 9. The fraction of sp³-hybridized carbons (Fsp3) is 0.300. The number of sulfonamides is 1. The van der Waals surface area contributed by atoms with Crippen LogP contribution in [0, 0.1) is 0 Å². The molecule has 2 aromatic carbocycles. The van der Waals surface area contributed by atoms with E-state index in [1.807, 2.05) is 12.1 Å². The van der Waals surface area contributed by atoms with Crippen molar-refractivity contribution in [3.8, 4) is 0 Å². The second-order valence-corrected chi connectivity index (χ2v) is 8.76. The summed E-state index contributed by atoms with van der Waals surface area (Å²) >= 11 is 5.82. The number of ether oxygens (including phenoxy) is 1. The summed E-state index contributed by atoms with van der Waals surface area (Å²) in [6.07, 6.45) is 0.611. The molecule has 0 aromatic heterocycles. The first-order chi connectivity index (χ1) is 13.7. The number of hydrogen-bond acceptors (Lipinski definition) is 5. The summed E-state index contributed by atoms with van der Waals surface area (Å²) in [6.45, 7) is 3.32. The Labute approximate surface area is 175 Å². The summed E-state index contributed by atoms with van der Waals surface area (Å²) in [7, 11) is -3.73. The van der Waals surface area contributed by atoms with Crippen LogP contribution < -0.4 is 10.0 Å². The van der Waals surface area contributed by atoms with Crippen molar-refractivity contribution in [3.63, 3.8) is 0 Å². The van der Waals surface area contributed by atoms with E-state index < -0.39 is 28.5 Å². The molecule has 0 radical (unpaired) electrons. The van der Waals surface area contributed by atoms with Gasteiger partial charge in [0.2, 0.25) is 10.0 Å². The lowest BCUT2D eigenvalue weighted by Crippen LogP contribution is -2.31. The van der Waals surface area contributed by atoms with Crippen LogP contribution in [0.15, 0.2) is 53.4 Å². The number of carbonyl (C=O) groups excluding carboxylic acids is 2. The van der Waals surface area contributed by atoms with Gasteiger partial charge in [-0.1, -0.05) is 29.8 Å². The van der Waals surface area contributed by atoms with Gasteiger partial charge in [-0.2, -0.15) is 0 Å². The third-order valence-corrected chi connectivity index (χ3v) is 5.66. The molecule has 0 heterocycles. The molecule has 0 aliphatic rings. The van der Waals surface area contributed by atoms with Crippen LogP contribution in [0.3, 0.4) is 0 Å². The zero-order chi connectivity index (χ0) is 21.4. The smallest absolute Gasteiger partial charge is 0.338 e. The molecule has 1 amide bonds. The van der Waals surface area contributed by atoms with Crippen LogP contribution in [0.1, 0.15) is 29.8 Å². The predicted octanol–water partition coefficient (Wildman–Crippen LogP) is 2.54. The van der Waals surface area contributed by atoms with Gasteiger partial charge in [0, 0.05) is 17.6 Å². The van der Waals surface area contributed by atoms with Crippen LogP contribution in [0.25, 0.3) is 0 Å². The van der Waals surface area contributed by atoms with Crippen molar-refractivity contribution in [2.75, 3.05) is 13.2 Å². The van der Waals surface area contributed by atoms with Gasteiger partial charge >= 0.3 is 5.97 Å². The standard InChI is InChI=1S/C20H23ClN2O5S/c1-14(2)23-29(26,27)18-5-3-4-16(12-18)20(25)28-13-19(24)22-11-10-15-6-8-17(21)9-7-15/h3-9,12,14,23H,10-11,13H2,1-2H3,(H,22,24). The summed E-state index contributed by atoms with van der Waals surface area (Å²) in [6, 6.07) is 12.4. The Kier molecular flexibility index (Phi) is 8.19. The first-order valence-corrected chi connectivity index (χ1v) is 10.8. The summed E-state index contributed by atoms with van der Waals surface area (Å²) in [5.41, 5.74) is 1.06. The van der Waals surface area contributed by atoms with Crippen molar-refractivity contribution >= 4 is 33.5 Å². The van der Waals surface area contributed by atoms with Crippen LogP contribution in [-0.2, 0) is 26.0 Å². The van der Waals surface area contributed by atoms with Gasteiger partial charge in [-0.25, -0.2) is 17.9 Å². The molecule has 0 saturated heterocycles. The summed E-state index contributed by atoms with van der Waals surface area (Å²) in [4.78, 5) is 24.0. The van der Waals surface area contributed by atoms with E-state index in [4.69, 9.17) is 16.3 Å². The quantitative estimate of drug-likeness (QED) is 0.586. The lowest BCUT2D eigenvalue weighted by molar-refractivity contribution is -0.124. The Bertz CT molecular complexity index is 959. The number of esters is 1. The van der Waals surface area contributed by atoms with Gasteiger partial charge in [0.15, 0.2) is 6.61 Å². The third kappa shape index (κ3) is 7.49. The highest BCUT2D eigenvalue weighted by Gasteiger charge is 2.18. The molecule has 0 bridgehead atoms. The zero-order valence-corrected chi connectivity index (χ0v) is 17.7. The monoisotopic (exact) mass is 438 g/mol. The number of carbonyl (C=O) groups is 2. The second-order valence-electron chi connectivity index (χ2n) is 6.61. The van der Waals surface area contributed by atoms with E-state index in [2.05, 4.69) is 10.0 Å². The molecular formula is C20H23ClN2O5S. The van der Waals surface area contributed by atoms with Crippen LogP contribution in [0.4, 0.5) is 0 Å². The molecule has 0 aliphatic carbocycles. The van der Waals surface area contributed by atoms with Crippen molar-refractivity contribution in [3.05, 3.63) is 64.7 Å². The Morgan fingerprint density at radius 3 is 2.45 bits per heavy atom. The van der Waals surface area contributed by atoms with Crippen molar-refractivity contribution in [1.29, 1.82) is 0 Å². The lowest BCUT2D eigenvalue weighted by Gasteiger charge is -2.11. The molecule has 7 nitrogen and oxygen atoms in total. The minimum Gasteiger partial charge on any atom is -0.452 e. The van der Waals surface area contributed by atoms with Crippen molar-refractivity contribution < 1.29 is 22.7 Å². The first kappa shape index (κ1) is 22.9. The fourth-order valence-corrected chi connectivity index (χ4v) is 3.85. The minimum atomic E-state index is -3.73. The zero-order valence-electron chi connectivity index (χ0n) is 16.1. The lowest BCUT2D eigenvalue weighted by atomic mass is 10.1. The molecule has 0 unspecified atom stereocenters. The highest BCUT2D eigenvalue weighted by Crippen LogP contribution is 2.13. The van der Waals surface area contributed by atoms with Gasteiger partial charge in [-0.3, -0.25) is 4.79 Å². The molecule has 2 aromatic rings. The number of amides is 1. The Balaban J connectivity index is 1.84. The van der Waals surface area contributed by atoms with E-state index in [0.717, 1.165) is 5.56 Å². The molecule has 29 heavy (non-hydrogen) atoms. The first-order valence-electron chi connectivity index (χ1n) is 8.98. The van der Waals surface area contributed by atoms with E-state index in [0.29, 0.717) is 18.0 Å². The van der Waals surface area contributed by atoms with Crippen LogP contribution in [0.2, 0.25) is 5.02 Å². The minimum absolute atomic E-state index is 0.0468. The van der Waals surface area contributed by atoms with E-state index >= 15 is 0 Å². The number of nitrogens with one attached hydrogen (secondary N) is 2. The van der Waals surface area contributed by atoms with E-state index in [1.165, 1.54) is 24.3 Å². The molecule has 2 rings (SSSR count). The summed E-state index contributed by atoms with van der Waals surface area (Å²) in [5, 5.41) is 3.30. The summed E-state index contributed by atoms with van der Waals surface area (Å²) in [5.74, 6) is -1.22. The molecule has 0 saturated carbocycles. The molecule has 2 N–H and O–H groups in total. The maximum atomic E-state index is 12.2. The molecule has 0 spiro atoms. The van der Waals surface area contributed by atoms with E-state index in [1.54, 1.807) is 26.0 Å².